The van der Waals surface area contributed by atoms with E-state index in [1.54, 1.807) is 6.07 Å². The van der Waals surface area contributed by atoms with E-state index < -0.39 is 0 Å². The second-order valence-electron chi connectivity index (χ2n) is 4.74. The zero-order chi connectivity index (χ0) is 12.1. The van der Waals surface area contributed by atoms with Crippen LogP contribution < -0.4 is 5.32 Å². The first-order chi connectivity index (χ1) is 8.27. The standard InChI is InChI=1S/C14H21NO2/c1-11(13-4-2-3-5-14(13)16)15-10-12-6-8-17-9-7-12/h2-5,11-12,15-16H,6-10H2,1H3. The molecule has 3 nitrogen and oxygen atoms in total. The van der Waals surface area contributed by atoms with Crippen molar-refractivity contribution in [1.82, 2.24) is 5.32 Å². The first-order valence-electron chi connectivity index (χ1n) is 6.36. The van der Waals surface area contributed by atoms with Crippen molar-refractivity contribution in [2.24, 2.45) is 5.92 Å². The Bertz CT molecular complexity index is 348. The van der Waals surface area contributed by atoms with Crippen LogP contribution in [-0.4, -0.2) is 24.9 Å². The van der Waals surface area contributed by atoms with Gasteiger partial charge < -0.3 is 15.2 Å². The Morgan fingerprint density at radius 2 is 2.06 bits per heavy atom. The van der Waals surface area contributed by atoms with Gasteiger partial charge in [-0.15, -0.1) is 0 Å². The lowest BCUT2D eigenvalue weighted by atomic mass is 9.99. The Hall–Kier alpha value is -1.06. The molecule has 1 aliphatic rings. The Kier molecular flexibility index (Phi) is 4.40. The molecule has 2 N–H and O–H groups in total. The van der Waals surface area contributed by atoms with Gasteiger partial charge in [-0.05, 0) is 38.3 Å². The smallest absolute Gasteiger partial charge is 0.120 e. The van der Waals surface area contributed by atoms with E-state index in [2.05, 4.69) is 12.2 Å². The number of phenolic OH excluding ortho intramolecular Hbond substituents is 1. The van der Waals surface area contributed by atoms with Gasteiger partial charge in [-0.2, -0.15) is 0 Å². The molecule has 0 spiro atoms. The third kappa shape index (κ3) is 3.45. The van der Waals surface area contributed by atoms with Crippen LogP contribution in [0.25, 0.3) is 0 Å². The van der Waals surface area contributed by atoms with E-state index in [1.165, 1.54) is 0 Å². The molecule has 1 heterocycles. The van der Waals surface area contributed by atoms with E-state index >= 15 is 0 Å². The van der Waals surface area contributed by atoms with Gasteiger partial charge >= 0.3 is 0 Å². The average Bonchev–Trinajstić information content (AvgIpc) is 2.38. The minimum Gasteiger partial charge on any atom is -0.508 e. The van der Waals surface area contributed by atoms with E-state index in [4.69, 9.17) is 4.74 Å². The summed E-state index contributed by atoms with van der Waals surface area (Å²) in [5.41, 5.74) is 0.972. The third-order valence-corrected chi connectivity index (χ3v) is 3.46. The summed E-state index contributed by atoms with van der Waals surface area (Å²) in [6.45, 7) is 4.86. The summed E-state index contributed by atoms with van der Waals surface area (Å²) in [5.74, 6) is 1.08. The minimum absolute atomic E-state index is 0.194. The van der Waals surface area contributed by atoms with Crippen LogP contribution in [0.4, 0.5) is 0 Å². The molecular weight excluding hydrogens is 214 g/mol. The molecular formula is C14H21NO2. The van der Waals surface area contributed by atoms with Crippen molar-refractivity contribution in [2.75, 3.05) is 19.8 Å². The van der Waals surface area contributed by atoms with Crippen LogP contribution in [0.15, 0.2) is 24.3 Å². The number of para-hydroxylation sites is 1. The van der Waals surface area contributed by atoms with Gasteiger partial charge in [-0.3, -0.25) is 0 Å². The van der Waals surface area contributed by atoms with Crippen LogP contribution in [0.3, 0.4) is 0 Å². The Balaban J connectivity index is 1.84. The Morgan fingerprint density at radius 3 is 2.76 bits per heavy atom. The molecule has 0 saturated carbocycles. The lowest BCUT2D eigenvalue weighted by Crippen LogP contribution is -2.29. The predicted octanol–water partition coefficient (Wildman–Crippen LogP) is 2.47. The van der Waals surface area contributed by atoms with E-state index in [0.717, 1.165) is 38.2 Å². The number of hydrogen-bond acceptors (Lipinski definition) is 3. The maximum Gasteiger partial charge on any atom is 0.120 e. The third-order valence-electron chi connectivity index (χ3n) is 3.46. The molecule has 1 aromatic carbocycles. The first kappa shape index (κ1) is 12.4. The van der Waals surface area contributed by atoms with E-state index in [-0.39, 0.29) is 6.04 Å². The topological polar surface area (TPSA) is 41.5 Å². The molecule has 1 aliphatic heterocycles. The van der Waals surface area contributed by atoms with Crippen molar-refractivity contribution >= 4 is 0 Å². The van der Waals surface area contributed by atoms with Gasteiger partial charge in [0.2, 0.25) is 0 Å². The second-order valence-corrected chi connectivity index (χ2v) is 4.74. The molecule has 0 aromatic heterocycles. The van der Waals surface area contributed by atoms with Gasteiger partial charge in [0.15, 0.2) is 0 Å². The summed E-state index contributed by atoms with van der Waals surface area (Å²) < 4.78 is 5.34. The van der Waals surface area contributed by atoms with Crippen molar-refractivity contribution in [2.45, 2.75) is 25.8 Å². The highest BCUT2D eigenvalue weighted by Gasteiger charge is 2.15. The highest BCUT2D eigenvalue weighted by Crippen LogP contribution is 2.23. The Morgan fingerprint density at radius 1 is 1.35 bits per heavy atom. The zero-order valence-electron chi connectivity index (χ0n) is 10.4. The molecule has 1 unspecified atom stereocenters. The highest BCUT2D eigenvalue weighted by atomic mass is 16.5. The summed E-state index contributed by atoms with van der Waals surface area (Å²) in [6.07, 6.45) is 2.28. The molecule has 1 atom stereocenters. The normalized spacial score (nSPS) is 19.1. The zero-order valence-corrected chi connectivity index (χ0v) is 10.4. The summed E-state index contributed by atoms with van der Waals surface area (Å²) >= 11 is 0. The lowest BCUT2D eigenvalue weighted by molar-refractivity contribution is 0.0656. The van der Waals surface area contributed by atoms with Crippen molar-refractivity contribution in [3.05, 3.63) is 29.8 Å². The number of rotatable bonds is 4. The summed E-state index contributed by atoms with van der Waals surface area (Å²) in [5, 5.41) is 13.3. The molecule has 94 valence electrons. The number of benzene rings is 1. The summed E-state index contributed by atoms with van der Waals surface area (Å²) in [6, 6.07) is 7.71. The van der Waals surface area contributed by atoms with Crippen LogP contribution in [0.5, 0.6) is 5.75 Å². The maximum absolute atomic E-state index is 9.76. The number of ether oxygens (including phenoxy) is 1. The summed E-state index contributed by atoms with van der Waals surface area (Å²) in [4.78, 5) is 0. The fraction of sp³-hybridized carbons (Fsp3) is 0.571. The van der Waals surface area contributed by atoms with Crippen LogP contribution in [-0.2, 0) is 4.74 Å². The fourth-order valence-electron chi connectivity index (χ4n) is 2.26. The predicted molar refractivity (Wildman–Crippen MR) is 68.1 cm³/mol. The molecule has 0 amide bonds. The van der Waals surface area contributed by atoms with Crippen molar-refractivity contribution in [3.63, 3.8) is 0 Å². The van der Waals surface area contributed by atoms with E-state index in [1.807, 2.05) is 18.2 Å². The van der Waals surface area contributed by atoms with Crippen LogP contribution in [0.1, 0.15) is 31.4 Å². The fourth-order valence-corrected chi connectivity index (χ4v) is 2.26. The van der Waals surface area contributed by atoms with E-state index in [9.17, 15) is 5.11 Å². The number of aromatic hydroxyl groups is 1. The van der Waals surface area contributed by atoms with E-state index in [0.29, 0.717) is 11.7 Å². The van der Waals surface area contributed by atoms with Crippen LogP contribution in [0, 0.1) is 5.92 Å². The van der Waals surface area contributed by atoms with Gasteiger partial charge in [0, 0.05) is 24.8 Å². The molecule has 0 aliphatic carbocycles. The number of nitrogens with one attached hydrogen (secondary N) is 1. The van der Waals surface area contributed by atoms with Crippen molar-refractivity contribution in [3.8, 4) is 5.75 Å². The van der Waals surface area contributed by atoms with Gasteiger partial charge in [0.1, 0.15) is 5.75 Å². The first-order valence-corrected chi connectivity index (χ1v) is 6.36. The molecule has 1 fully saturated rings. The lowest BCUT2D eigenvalue weighted by Gasteiger charge is -2.24. The maximum atomic E-state index is 9.76. The molecule has 0 bridgehead atoms. The van der Waals surface area contributed by atoms with Gasteiger partial charge in [-0.25, -0.2) is 0 Å². The second kappa shape index (κ2) is 6.03. The van der Waals surface area contributed by atoms with Crippen LogP contribution >= 0.6 is 0 Å². The van der Waals surface area contributed by atoms with Crippen molar-refractivity contribution in [1.29, 1.82) is 0 Å². The van der Waals surface area contributed by atoms with Gasteiger partial charge in [0.05, 0.1) is 0 Å². The molecule has 2 rings (SSSR count). The summed E-state index contributed by atoms with van der Waals surface area (Å²) in [7, 11) is 0. The Labute approximate surface area is 103 Å². The number of hydrogen-bond donors (Lipinski definition) is 2. The van der Waals surface area contributed by atoms with Crippen molar-refractivity contribution < 1.29 is 9.84 Å². The highest BCUT2D eigenvalue weighted by molar-refractivity contribution is 5.34. The monoisotopic (exact) mass is 235 g/mol. The average molecular weight is 235 g/mol. The molecule has 3 heteroatoms. The molecule has 1 saturated heterocycles. The largest absolute Gasteiger partial charge is 0.508 e. The molecule has 0 radical (unpaired) electrons. The van der Waals surface area contributed by atoms with Gasteiger partial charge in [0.25, 0.3) is 0 Å². The number of phenols is 1. The molecule has 1 aromatic rings. The molecule has 17 heavy (non-hydrogen) atoms. The SMILES string of the molecule is CC(NCC1CCOCC1)c1ccccc1O. The minimum atomic E-state index is 0.194. The quantitative estimate of drug-likeness (QED) is 0.842. The van der Waals surface area contributed by atoms with Gasteiger partial charge in [-0.1, -0.05) is 18.2 Å². The van der Waals surface area contributed by atoms with Crippen LogP contribution in [0.2, 0.25) is 0 Å².